The Balaban J connectivity index is 1.87. The number of morpholine rings is 1. The number of hydrogen-bond donors (Lipinski definition) is 1. The minimum atomic E-state index is -3.52. The first-order valence-corrected chi connectivity index (χ1v) is 9.42. The van der Waals surface area contributed by atoms with E-state index in [1.807, 2.05) is 30.3 Å². The summed E-state index contributed by atoms with van der Waals surface area (Å²) in [5, 5.41) is 0. The Hall–Kier alpha value is -2.03. The van der Waals surface area contributed by atoms with Gasteiger partial charge in [0.15, 0.2) is 9.84 Å². The van der Waals surface area contributed by atoms with E-state index in [0.29, 0.717) is 31.0 Å². The van der Waals surface area contributed by atoms with Crippen LogP contribution in [-0.4, -0.2) is 61.9 Å². The van der Waals surface area contributed by atoms with Crippen LogP contribution in [0.5, 0.6) is 0 Å². The van der Waals surface area contributed by atoms with Crippen molar-refractivity contribution in [2.75, 3.05) is 44.3 Å². The third kappa shape index (κ3) is 3.89. The number of rotatable bonds is 5. The number of benzene rings is 1. The van der Waals surface area contributed by atoms with Crippen LogP contribution in [0.1, 0.15) is 0 Å². The van der Waals surface area contributed by atoms with E-state index in [2.05, 4.69) is 14.9 Å². The van der Waals surface area contributed by atoms with Gasteiger partial charge in [0, 0.05) is 25.2 Å². The summed E-state index contributed by atoms with van der Waals surface area (Å²) >= 11 is 0. The van der Waals surface area contributed by atoms with Crippen LogP contribution in [0, 0.1) is 0 Å². The number of hydrogen-bond acceptors (Lipinski definition) is 7. The van der Waals surface area contributed by atoms with Crippen molar-refractivity contribution in [1.29, 1.82) is 0 Å². The highest BCUT2D eigenvalue weighted by Gasteiger charge is 2.23. The smallest absolute Gasteiger partial charge is 0.220 e. The van der Waals surface area contributed by atoms with Gasteiger partial charge in [0.2, 0.25) is 5.95 Å². The van der Waals surface area contributed by atoms with Crippen molar-refractivity contribution in [1.82, 2.24) is 14.9 Å². The van der Waals surface area contributed by atoms with Crippen LogP contribution >= 0.6 is 0 Å². The average molecular weight is 348 g/mol. The molecule has 0 saturated carbocycles. The summed E-state index contributed by atoms with van der Waals surface area (Å²) in [6.07, 6.45) is 1.30. The van der Waals surface area contributed by atoms with E-state index < -0.39 is 9.84 Å². The Bertz CT molecular complexity index is 790. The van der Waals surface area contributed by atoms with Crippen LogP contribution in [0.2, 0.25) is 0 Å². The lowest BCUT2D eigenvalue weighted by atomic mass is 10.1. The van der Waals surface area contributed by atoms with E-state index in [-0.39, 0.29) is 16.6 Å². The molecule has 1 saturated heterocycles. The molecule has 3 rings (SSSR count). The van der Waals surface area contributed by atoms with E-state index in [1.165, 1.54) is 6.20 Å². The number of nitrogen functional groups attached to an aromatic ring is 1. The highest BCUT2D eigenvalue weighted by Crippen LogP contribution is 2.26. The third-order valence-corrected chi connectivity index (χ3v) is 5.62. The fourth-order valence-corrected chi connectivity index (χ4v) is 3.99. The number of sulfone groups is 1. The quantitative estimate of drug-likeness (QED) is 0.854. The summed E-state index contributed by atoms with van der Waals surface area (Å²) in [7, 11) is -3.52. The highest BCUT2D eigenvalue weighted by molar-refractivity contribution is 7.91. The first-order chi connectivity index (χ1) is 11.6. The maximum absolute atomic E-state index is 12.8. The first kappa shape index (κ1) is 16.8. The highest BCUT2D eigenvalue weighted by atomic mass is 32.2. The number of aromatic nitrogens is 2. The molecule has 1 aliphatic heterocycles. The molecule has 0 spiro atoms. The van der Waals surface area contributed by atoms with Crippen LogP contribution in [-0.2, 0) is 14.6 Å². The van der Waals surface area contributed by atoms with Crippen LogP contribution in [0.3, 0.4) is 0 Å². The van der Waals surface area contributed by atoms with E-state index in [1.54, 1.807) is 0 Å². The van der Waals surface area contributed by atoms with E-state index >= 15 is 0 Å². The number of anilines is 1. The molecular formula is C16H20N4O3S. The standard InChI is InChI=1S/C16H20N4O3S/c17-16-18-12-14(15(19-16)13-4-2-1-3-5-13)24(21,22)11-8-20-6-9-23-10-7-20/h1-5,12H,6-11H2,(H2,17,18,19). The minimum absolute atomic E-state index is 0.0140. The summed E-state index contributed by atoms with van der Waals surface area (Å²) in [6.45, 7) is 3.24. The number of nitrogens with two attached hydrogens (primary N) is 1. The fourth-order valence-electron chi connectivity index (χ4n) is 2.60. The molecule has 7 nitrogen and oxygen atoms in total. The Morgan fingerprint density at radius 1 is 1.17 bits per heavy atom. The Kier molecular flexibility index (Phi) is 5.08. The molecule has 2 heterocycles. The first-order valence-electron chi connectivity index (χ1n) is 7.77. The van der Waals surface area contributed by atoms with Gasteiger partial charge >= 0.3 is 0 Å². The zero-order chi connectivity index (χ0) is 17.0. The zero-order valence-corrected chi connectivity index (χ0v) is 14.1. The van der Waals surface area contributed by atoms with Crippen molar-refractivity contribution >= 4 is 15.8 Å². The fraction of sp³-hybridized carbons (Fsp3) is 0.375. The van der Waals surface area contributed by atoms with Gasteiger partial charge in [0.25, 0.3) is 0 Å². The van der Waals surface area contributed by atoms with Gasteiger partial charge in [-0.05, 0) is 0 Å². The number of ether oxygens (including phenoxy) is 1. The molecule has 0 atom stereocenters. The monoisotopic (exact) mass is 348 g/mol. The lowest BCUT2D eigenvalue weighted by molar-refractivity contribution is 0.0408. The molecule has 2 N–H and O–H groups in total. The molecule has 1 aromatic heterocycles. The maximum atomic E-state index is 12.8. The summed E-state index contributed by atoms with van der Waals surface area (Å²) in [5.41, 5.74) is 6.72. The van der Waals surface area contributed by atoms with E-state index in [0.717, 1.165) is 13.1 Å². The molecule has 0 aliphatic carbocycles. The summed E-state index contributed by atoms with van der Waals surface area (Å²) in [4.78, 5) is 10.2. The number of nitrogens with zero attached hydrogens (tertiary/aromatic N) is 3. The van der Waals surface area contributed by atoms with Gasteiger partial charge < -0.3 is 10.5 Å². The van der Waals surface area contributed by atoms with Crippen molar-refractivity contribution in [3.8, 4) is 11.3 Å². The van der Waals surface area contributed by atoms with E-state index in [9.17, 15) is 8.42 Å². The molecular weight excluding hydrogens is 328 g/mol. The SMILES string of the molecule is Nc1ncc(S(=O)(=O)CCN2CCOCC2)c(-c2ccccc2)n1. The third-order valence-electron chi connectivity index (χ3n) is 3.94. The molecule has 24 heavy (non-hydrogen) atoms. The molecule has 1 aromatic carbocycles. The van der Waals surface area contributed by atoms with Crippen LogP contribution in [0.4, 0.5) is 5.95 Å². The summed E-state index contributed by atoms with van der Waals surface area (Å²) in [5.74, 6) is 0.0705. The molecule has 8 heteroatoms. The van der Waals surface area contributed by atoms with Gasteiger partial charge in [0.05, 0.1) is 30.9 Å². The predicted octanol–water partition coefficient (Wildman–Crippen LogP) is 0.832. The second kappa shape index (κ2) is 7.25. The van der Waals surface area contributed by atoms with Gasteiger partial charge in [-0.15, -0.1) is 0 Å². The van der Waals surface area contributed by atoms with Gasteiger partial charge in [-0.25, -0.2) is 18.4 Å². The summed E-state index contributed by atoms with van der Waals surface area (Å²) < 4.78 is 30.9. The van der Waals surface area contributed by atoms with E-state index in [4.69, 9.17) is 10.5 Å². The largest absolute Gasteiger partial charge is 0.379 e. The van der Waals surface area contributed by atoms with Crippen LogP contribution in [0.25, 0.3) is 11.3 Å². The van der Waals surface area contributed by atoms with Crippen molar-refractivity contribution in [2.24, 2.45) is 0 Å². The Labute approximate surface area is 141 Å². The molecule has 1 aliphatic rings. The zero-order valence-electron chi connectivity index (χ0n) is 13.3. The van der Waals surface area contributed by atoms with Gasteiger partial charge in [0.1, 0.15) is 4.90 Å². The molecule has 0 bridgehead atoms. The van der Waals surface area contributed by atoms with Crippen molar-refractivity contribution in [3.63, 3.8) is 0 Å². The Morgan fingerprint density at radius 3 is 2.58 bits per heavy atom. The molecule has 1 fully saturated rings. The maximum Gasteiger partial charge on any atom is 0.220 e. The average Bonchev–Trinajstić information content (AvgIpc) is 2.61. The second-order valence-electron chi connectivity index (χ2n) is 5.58. The van der Waals surface area contributed by atoms with Crippen molar-refractivity contribution in [2.45, 2.75) is 4.90 Å². The van der Waals surface area contributed by atoms with Gasteiger partial charge in [-0.1, -0.05) is 30.3 Å². The topological polar surface area (TPSA) is 98.4 Å². The normalized spacial score (nSPS) is 16.2. The predicted molar refractivity (Wildman–Crippen MR) is 91.2 cm³/mol. The van der Waals surface area contributed by atoms with Gasteiger partial charge in [-0.3, -0.25) is 4.90 Å². The van der Waals surface area contributed by atoms with Gasteiger partial charge in [-0.2, -0.15) is 0 Å². The molecule has 0 unspecified atom stereocenters. The lowest BCUT2D eigenvalue weighted by Gasteiger charge is -2.26. The minimum Gasteiger partial charge on any atom is -0.379 e. The van der Waals surface area contributed by atoms with Crippen molar-refractivity contribution in [3.05, 3.63) is 36.5 Å². The Morgan fingerprint density at radius 2 is 1.88 bits per heavy atom. The molecule has 2 aromatic rings. The molecule has 128 valence electrons. The van der Waals surface area contributed by atoms with Crippen molar-refractivity contribution < 1.29 is 13.2 Å². The lowest BCUT2D eigenvalue weighted by Crippen LogP contribution is -2.39. The van der Waals surface area contributed by atoms with Crippen LogP contribution in [0.15, 0.2) is 41.4 Å². The second-order valence-corrected chi connectivity index (χ2v) is 7.66. The molecule has 0 amide bonds. The summed E-state index contributed by atoms with van der Waals surface area (Å²) in [6, 6.07) is 9.14. The van der Waals surface area contributed by atoms with Crippen LogP contribution < -0.4 is 5.73 Å². The molecule has 0 radical (unpaired) electrons.